The quantitative estimate of drug-likeness (QED) is 0.770. The Morgan fingerprint density at radius 1 is 1.23 bits per heavy atom. The van der Waals surface area contributed by atoms with Crippen LogP contribution in [0.3, 0.4) is 0 Å². The van der Waals surface area contributed by atoms with E-state index in [1.165, 1.54) is 0 Å². The molecular weight excluding hydrogens is 211 g/mol. The molecule has 2 rings (SSSR count). The summed E-state index contributed by atoms with van der Waals surface area (Å²) in [5.74, 6) is 1.68. The summed E-state index contributed by atoms with van der Waals surface area (Å²) in [4.78, 5) is 11.2. The van der Waals surface area contributed by atoms with Crippen LogP contribution in [0, 0.1) is 0 Å². The van der Waals surface area contributed by atoms with Crippen molar-refractivity contribution in [2.24, 2.45) is 0 Å². The van der Waals surface area contributed by atoms with E-state index in [9.17, 15) is 0 Å². The first kappa shape index (κ1) is 8.97. The lowest BCUT2D eigenvalue weighted by Gasteiger charge is -2.03. The highest BCUT2D eigenvalue weighted by Crippen LogP contribution is 2.38. The van der Waals surface area contributed by atoms with Crippen molar-refractivity contribution in [2.45, 2.75) is 23.6 Å². The summed E-state index contributed by atoms with van der Waals surface area (Å²) in [5.41, 5.74) is 5.48. The second kappa shape index (κ2) is 3.27. The minimum Gasteiger partial charge on any atom is -0.368 e. The molecule has 1 aromatic heterocycles. The van der Waals surface area contributed by atoms with Crippen molar-refractivity contribution >= 4 is 29.2 Å². The van der Waals surface area contributed by atoms with Gasteiger partial charge in [0.1, 0.15) is 5.82 Å². The van der Waals surface area contributed by atoms with Crippen LogP contribution in [-0.2, 0) is 0 Å². The first-order chi connectivity index (χ1) is 6.16. The molecule has 2 N–H and O–H groups in total. The topological polar surface area (TPSA) is 64.7 Å². The Morgan fingerprint density at radius 2 is 1.92 bits per heavy atom. The Balaban J connectivity index is 2.36. The second-order valence-electron chi connectivity index (χ2n) is 2.98. The molecule has 1 aromatic rings. The standard InChI is InChI=1S/C7H8Cl2N4/c8-4(9)6-11-5(3-1-2-3)12-7(10)13-6/h3-4H,1-2H2,(H2,10,11,12,13). The van der Waals surface area contributed by atoms with E-state index in [0.717, 1.165) is 12.8 Å². The van der Waals surface area contributed by atoms with E-state index in [1.807, 2.05) is 0 Å². The van der Waals surface area contributed by atoms with Crippen molar-refractivity contribution in [3.8, 4) is 0 Å². The maximum absolute atomic E-state index is 5.63. The molecular formula is C7H8Cl2N4. The van der Waals surface area contributed by atoms with Gasteiger partial charge in [-0.05, 0) is 12.8 Å². The van der Waals surface area contributed by atoms with Gasteiger partial charge in [-0.15, -0.1) is 0 Å². The fraction of sp³-hybridized carbons (Fsp3) is 0.571. The lowest BCUT2D eigenvalue weighted by atomic mass is 10.4. The van der Waals surface area contributed by atoms with E-state index in [4.69, 9.17) is 28.9 Å². The van der Waals surface area contributed by atoms with Crippen molar-refractivity contribution in [2.75, 3.05) is 5.73 Å². The SMILES string of the molecule is Nc1nc(C(Cl)Cl)nc(C2CC2)n1. The van der Waals surface area contributed by atoms with Gasteiger partial charge >= 0.3 is 0 Å². The number of anilines is 1. The largest absolute Gasteiger partial charge is 0.368 e. The number of halogens is 2. The molecule has 1 heterocycles. The molecule has 0 amide bonds. The first-order valence-corrected chi connectivity index (χ1v) is 4.83. The van der Waals surface area contributed by atoms with Crippen LogP contribution in [0.2, 0.25) is 0 Å². The molecule has 0 bridgehead atoms. The molecule has 0 unspecified atom stereocenters. The maximum Gasteiger partial charge on any atom is 0.223 e. The van der Waals surface area contributed by atoms with Crippen LogP contribution in [0.15, 0.2) is 0 Å². The van der Waals surface area contributed by atoms with Gasteiger partial charge in [0.15, 0.2) is 10.7 Å². The molecule has 0 spiro atoms. The smallest absolute Gasteiger partial charge is 0.223 e. The van der Waals surface area contributed by atoms with Crippen LogP contribution >= 0.6 is 23.2 Å². The number of hydrogen-bond acceptors (Lipinski definition) is 4. The zero-order valence-electron chi connectivity index (χ0n) is 6.74. The van der Waals surface area contributed by atoms with Crippen molar-refractivity contribution in [3.05, 3.63) is 11.6 Å². The fourth-order valence-electron chi connectivity index (χ4n) is 1.05. The Labute approximate surface area is 85.5 Å². The average molecular weight is 219 g/mol. The zero-order chi connectivity index (χ0) is 9.42. The number of aromatic nitrogens is 3. The van der Waals surface area contributed by atoms with Gasteiger partial charge in [-0.2, -0.15) is 9.97 Å². The normalized spacial score (nSPS) is 16.5. The van der Waals surface area contributed by atoms with Crippen LogP contribution < -0.4 is 5.73 Å². The summed E-state index contributed by atoms with van der Waals surface area (Å²) >= 11 is 11.3. The van der Waals surface area contributed by atoms with Crippen molar-refractivity contribution in [1.82, 2.24) is 15.0 Å². The van der Waals surface area contributed by atoms with Crippen LogP contribution in [0.5, 0.6) is 0 Å². The summed E-state index contributed by atoms with van der Waals surface area (Å²) < 4.78 is 0. The van der Waals surface area contributed by atoms with E-state index >= 15 is 0 Å². The lowest BCUT2D eigenvalue weighted by Crippen LogP contribution is -2.06. The molecule has 1 aliphatic carbocycles. The summed E-state index contributed by atoms with van der Waals surface area (Å²) in [6.45, 7) is 0. The number of nitrogen functional groups attached to an aromatic ring is 1. The van der Waals surface area contributed by atoms with Gasteiger partial charge in [0.05, 0.1) is 0 Å². The van der Waals surface area contributed by atoms with E-state index in [1.54, 1.807) is 0 Å². The number of alkyl halides is 2. The average Bonchev–Trinajstić information content (AvgIpc) is 2.85. The molecule has 13 heavy (non-hydrogen) atoms. The molecule has 0 aliphatic heterocycles. The Kier molecular flexibility index (Phi) is 2.26. The van der Waals surface area contributed by atoms with Gasteiger partial charge in [0, 0.05) is 5.92 Å². The Hall–Kier alpha value is -0.610. The highest BCUT2D eigenvalue weighted by Gasteiger charge is 2.28. The number of rotatable bonds is 2. The van der Waals surface area contributed by atoms with Gasteiger partial charge in [0.25, 0.3) is 0 Å². The monoisotopic (exact) mass is 218 g/mol. The second-order valence-corrected chi connectivity index (χ2v) is 4.08. The number of nitrogens with zero attached hydrogens (tertiary/aromatic N) is 3. The van der Waals surface area contributed by atoms with Gasteiger partial charge in [-0.1, -0.05) is 23.2 Å². The van der Waals surface area contributed by atoms with Gasteiger partial charge < -0.3 is 5.73 Å². The van der Waals surface area contributed by atoms with E-state index in [-0.39, 0.29) is 5.95 Å². The molecule has 1 fully saturated rings. The zero-order valence-corrected chi connectivity index (χ0v) is 8.26. The van der Waals surface area contributed by atoms with E-state index in [2.05, 4.69) is 15.0 Å². The minimum atomic E-state index is -0.734. The van der Waals surface area contributed by atoms with Crippen LogP contribution in [0.4, 0.5) is 5.95 Å². The molecule has 70 valence electrons. The maximum atomic E-state index is 5.63. The van der Waals surface area contributed by atoms with Crippen molar-refractivity contribution in [3.63, 3.8) is 0 Å². The molecule has 0 aromatic carbocycles. The number of hydrogen-bond donors (Lipinski definition) is 1. The highest BCUT2D eigenvalue weighted by molar-refractivity contribution is 6.43. The fourth-order valence-corrected chi connectivity index (χ4v) is 1.24. The summed E-state index contributed by atoms with van der Waals surface area (Å²) in [5, 5.41) is 0. The van der Waals surface area contributed by atoms with E-state index in [0.29, 0.717) is 17.6 Å². The molecule has 0 radical (unpaired) electrons. The van der Waals surface area contributed by atoms with Gasteiger partial charge in [-0.3, -0.25) is 0 Å². The third kappa shape index (κ3) is 2.00. The molecule has 4 nitrogen and oxygen atoms in total. The summed E-state index contributed by atoms with van der Waals surface area (Å²) in [7, 11) is 0. The third-order valence-electron chi connectivity index (χ3n) is 1.82. The Morgan fingerprint density at radius 3 is 2.46 bits per heavy atom. The molecule has 0 saturated heterocycles. The third-order valence-corrected chi connectivity index (χ3v) is 2.22. The van der Waals surface area contributed by atoms with Crippen LogP contribution in [-0.4, -0.2) is 15.0 Å². The predicted octanol–water partition coefficient (Wildman–Crippen LogP) is 1.81. The van der Waals surface area contributed by atoms with Gasteiger partial charge in [-0.25, -0.2) is 4.98 Å². The van der Waals surface area contributed by atoms with Crippen LogP contribution in [0.1, 0.15) is 35.2 Å². The number of nitrogens with two attached hydrogens (primary N) is 1. The van der Waals surface area contributed by atoms with Gasteiger partial charge in [0.2, 0.25) is 5.95 Å². The Bertz CT molecular complexity index is 304. The first-order valence-electron chi connectivity index (χ1n) is 3.96. The highest BCUT2D eigenvalue weighted by atomic mass is 35.5. The lowest BCUT2D eigenvalue weighted by molar-refractivity contribution is 0.851. The van der Waals surface area contributed by atoms with E-state index < -0.39 is 4.84 Å². The van der Waals surface area contributed by atoms with Crippen molar-refractivity contribution < 1.29 is 0 Å². The predicted molar refractivity (Wildman–Crippen MR) is 50.7 cm³/mol. The molecule has 0 atom stereocenters. The minimum absolute atomic E-state index is 0.193. The molecule has 6 heteroatoms. The van der Waals surface area contributed by atoms with Crippen LogP contribution in [0.25, 0.3) is 0 Å². The molecule has 1 aliphatic rings. The molecule has 1 saturated carbocycles. The summed E-state index contributed by atoms with van der Waals surface area (Å²) in [6, 6.07) is 0. The van der Waals surface area contributed by atoms with Crippen molar-refractivity contribution in [1.29, 1.82) is 0 Å². The summed E-state index contributed by atoms with van der Waals surface area (Å²) in [6.07, 6.45) is 2.22.